The number of piperidine rings is 1. The fourth-order valence-corrected chi connectivity index (χ4v) is 3.53. The molecular weight excluding hydrogens is 279 g/mol. The van der Waals surface area contributed by atoms with Gasteiger partial charge in [0.2, 0.25) is 0 Å². The van der Waals surface area contributed by atoms with Gasteiger partial charge in [0, 0.05) is 12.1 Å². The topological polar surface area (TPSA) is 29.3 Å². The smallest absolute Gasteiger partial charge is 0.0640 e. The Labute approximate surface area is 125 Å². The number of halogens is 2. The first kappa shape index (κ1) is 15.1. The van der Waals surface area contributed by atoms with E-state index in [1.54, 1.807) is 0 Å². The number of hydrogen-bond acceptors (Lipinski definition) is 2. The highest BCUT2D eigenvalue weighted by Gasteiger charge is 2.34. The largest absolute Gasteiger partial charge is 0.330 e. The van der Waals surface area contributed by atoms with Crippen LogP contribution >= 0.6 is 23.2 Å². The van der Waals surface area contributed by atoms with Crippen molar-refractivity contribution in [3.8, 4) is 0 Å². The standard InChI is InChI=1S/C15H22Cl2N2/c1-10(2)19-8-4-5-11(9-18)15(19)12-6-3-7-13(16)14(12)17/h3,6-7,10-11,15H,4-5,8-9,18H2,1-2H3. The summed E-state index contributed by atoms with van der Waals surface area (Å²) < 4.78 is 0. The van der Waals surface area contributed by atoms with Crippen LogP contribution in [0.3, 0.4) is 0 Å². The number of likely N-dealkylation sites (tertiary alicyclic amines) is 1. The van der Waals surface area contributed by atoms with Crippen molar-refractivity contribution >= 4 is 23.2 Å². The van der Waals surface area contributed by atoms with E-state index in [1.165, 1.54) is 6.42 Å². The lowest BCUT2D eigenvalue weighted by molar-refractivity contribution is 0.0666. The highest BCUT2D eigenvalue weighted by molar-refractivity contribution is 6.42. The van der Waals surface area contributed by atoms with Crippen LogP contribution in [-0.4, -0.2) is 24.0 Å². The number of rotatable bonds is 3. The molecule has 2 atom stereocenters. The van der Waals surface area contributed by atoms with Gasteiger partial charge in [0.15, 0.2) is 0 Å². The van der Waals surface area contributed by atoms with E-state index in [2.05, 4.69) is 24.8 Å². The average Bonchev–Trinajstić information content (AvgIpc) is 2.41. The molecule has 0 saturated carbocycles. The summed E-state index contributed by atoms with van der Waals surface area (Å²) in [6.07, 6.45) is 2.36. The first-order valence-electron chi connectivity index (χ1n) is 6.96. The maximum atomic E-state index is 6.42. The highest BCUT2D eigenvalue weighted by Crippen LogP contribution is 2.41. The van der Waals surface area contributed by atoms with E-state index < -0.39 is 0 Å². The second kappa shape index (κ2) is 6.45. The predicted molar refractivity (Wildman–Crippen MR) is 82.8 cm³/mol. The molecule has 19 heavy (non-hydrogen) atoms. The van der Waals surface area contributed by atoms with Crippen molar-refractivity contribution in [2.75, 3.05) is 13.1 Å². The Morgan fingerprint density at radius 2 is 2.11 bits per heavy atom. The van der Waals surface area contributed by atoms with Crippen molar-refractivity contribution in [3.63, 3.8) is 0 Å². The fourth-order valence-electron chi connectivity index (χ4n) is 3.11. The normalized spacial score (nSPS) is 24.9. The minimum Gasteiger partial charge on any atom is -0.330 e. The number of nitrogens with two attached hydrogens (primary N) is 1. The molecule has 1 heterocycles. The molecule has 1 aromatic carbocycles. The molecular formula is C15H22Cl2N2. The molecule has 1 aliphatic heterocycles. The summed E-state index contributed by atoms with van der Waals surface area (Å²) in [6.45, 7) is 6.24. The predicted octanol–water partition coefficient (Wildman–Crippen LogP) is 4.11. The van der Waals surface area contributed by atoms with Crippen molar-refractivity contribution in [3.05, 3.63) is 33.8 Å². The molecule has 1 fully saturated rings. The Morgan fingerprint density at radius 1 is 1.37 bits per heavy atom. The Morgan fingerprint density at radius 3 is 2.74 bits per heavy atom. The zero-order valence-corrected chi connectivity index (χ0v) is 13.1. The minimum atomic E-state index is 0.282. The number of nitrogens with zero attached hydrogens (tertiary/aromatic N) is 1. The monoisotopic (exact) mass is 300 g/mol. The number of benzene rings is 1. The van der Waals surface area contributed by atoms with E-state index in [9.17, 15) is 0 Å². The fraction of sp³-hybridized carbons (Fsp3) is 0.600. The molecule has 2 rings (SSSR count). The first-order valence-corrected chi connectivity index (χ1v) is 7.71. The maximum absolute atomic E-state index is 6.42. The van der Waals surface area contributed by atoms with Crippen LogP contribution in [0.4, 0.5) is 0 Å². The van der Waals surface area contributed by atoms with Gasteiger partial charge in [0.25, 0.3) is 0 Å². The van der Waals surface area contributed by atoms with E-state index in [0.29, 0.717) is 28.5 Å². The van der Waals surface area contributed by atoms with Crippen LogP contribution < -0.4 is 5.73 Å². The lowest BCUT2D eigenvalue weighted by Gasteiger charge is -2.44. The van der Waals surface area contributed by atoms with E-state index in [0.717, 1.165) is 18.5 Å². The number of hydrogen-bond donors (Lipinski definition) is 1. The molecule has 1 saturated heterocycles. The zero-order valence-electron chi connectivity index (χ0n) is 11.6. The lowest BCUT2D eigenvalue weighted by atomic mass is 9.84. The van der Waals surface area contributed by atoms with Gasteiger partial charge in [0.05, 0.1) is 10.0 Å². The minimum absolute atomic E-state index is 0.282. The second-order valence-corrected chi connectivity index (χ2v) is 6.34. The highest BCUT2D eigenvalue weighted by atomic mass is 35.5. The Balaban J connectivity index is 2.42. The molecule has 106 valence electrons. The molecule has 1 aliphatic rings. The summed E-state index contributed by atoms with van der Waals surface area (Å²) in [7, 11) is 0. The third-order valence-corrected chi connectivity index (χ3v) is 4.89. The van der Waals surface area contributed by atoms with Crippen LogP contribution in [0.2, 0.25) is 10.0 Å². The van der Waals surface area contributed by atoms with Crippen LogP contribution in [-0.2, 0) is 0 Å². The van der Waals surface area contributed by atoms with Gasteiger partial charge >= 0.3 is 0 Å². The van der Waals surface area contributed by atoms with Crippen LogP contribution in [0.1, 0.15) is 38.3 Å². The maximum Gasteiger partial charge on any atom is 0.0640 e. The van der Waals surface area contributed by atoms with Crippen LogP contribution in [0.15, 0.2) is 18.2 Å². The zero-order chi connectivity index (χ0) is 14.0. The van der Waals surface area contributed by atoms with Crippen molar-refractivity contribution in [2.45, 2.75) is 38.8 Å². The van der Waals surface area contributed by atoms with Crippen molar-refractivity contribution < 1.29 is 0 Å². The van der Waals surface area contributed by atoms with Crippen molar-refractivity contribution in [1.29, 1.82) is 0 Å². The van der Waals surface area contributed by atoms with E-state index in [1.807, 2.05) is 12.1 Å². The van der Waals surface area contributed by atoms with E-state index in [4.69, 9.17) is 28.9 Å². The third kappa shape index (κ3) is 3.08. The van der Waals surface area contributed by atoms with Crippen molar-refractivity contribution in [2.24, 2.45) is 11.7 Å². The average molecular weight is 301 g/mol. The lowest BCUT2D eigenvalue weighted by Crippen LogP contribution is -2.45. The Bertz CT molecular complexity index is 434. The molecule has 2 N–H and O–H groups in total. The molecule has 2 unspecified atom stereocenters. The molecule has 1 aromatic rings. The summed E-state index contributed by atoms with van der Waals surface area (Å²) in [5, 5.41) is 1.31. The van der Waals surface area contributed by atoms with E-state index in [-0.39, 0.29) is 6.04 Å². The van der Waals surface area contributed by atoms with Gasteiger partial charge in [-0.1, -0.05) is 35.3 Å². The van der Waals surface area contributed by atoms with Gasteiger partial charge in [0.1, 0.15) is 0 Å². The molecule has 4 heteroatoms. The van der Waals surface area contributed by atoms with Gasteiger partial charge in [-0.25, -0.2) is 0 Å². The molecule has 0 bridgehead atoms. The van der Waals surface area contributed by atoms with Gasteiger partial charge < -0.3 is 5.73 Å². The quantitative estimate of drug-likeness (QED) is 0.910. The summed E-state index contributed by atoms with van der Waals surface area (Å²) in [5.41, 5.74) is 7.10. The summed E-state index contributed by atoms with van der Waals surface area (Å²) in [4.78, 5) is 2.50. The van der Waals surface area contributed by atoms with Gasteiger partial charge in [-0.05, 0) is 57.3 Å². The van der Waals surface area contributed by atoms with E-state index >= 15 is 0 Å². The Kier molecular flexibility index (Phi) is 5.13. The summed E-state index contributed by atoms with van der Waals surface area (Å²) >= 11 is 12.6. The summed E-state index contributed by atoms with van der Waals surface area (Å²) in [6, 6.07) is 6.67. The van der Waals surface area contributed by atoms with Gasteiger partial charge in [-0.15, -0.1) is 0 Å². The van der Waals surface area contributed by atoms with Crippen LogP contribution in [0.5, 0.6) is 0 Å². The molecule has 0 aliphatic carbocycles. The molecule has 0 aromatic heterocycles. The molecule has 0 radical (unpaired) electrons. The van der Waals surface area contributed by atoms with Gasteiger partial charge in [-0.2, -0.15) is 0 Å². The summed E-state index contributed by atoms with van der Waals surface area (Å²) in [5.74, 6) is 0.451. The SMILES string of the molecule is CC(C)N1CCCC(CN)C1c1cccc(Cl)c1Cl. The second-order valence-electron chi connectivity index (χ2n) is 5.56. The first-order chi connectivity index (χ1) is 9.06. The van der Waals surface area contributed by atoms with Crippen molar-refractivity contribution in [1.82, 2.24) is 4.90 Å². The van der Waals surface area contributed by atoms with Crippen LogP contribution in [0, 0.1) is 5.92 Å². The molecule has 2 nitrogen and oxygen atoms in total. The molecule has 0 spiro atoms. The third-order valence-electron chi connectivity index (χ3n) is 4.06. The van der Waals surface area contributed by atoms with Gasteiger partial charge in [-0.3, -0.25) is 4.90 Å². The van der Waals surface area contributed by atoms with Crippen LogP contribution in [0.25, 0.3) is 0 Å². The molecule has 0 amide bonds. The Hall–Kier alpha value is -0.280.